The van der Waals surface area contributed by atoms with E-state index >= 15 is 0 Å². The van der Waals surface area contributed by atoms with E-state index in [2.05, 4.69) is 10.9 Å². The van der Waals surface area contributed by atoms with E-state index in [1.165, 1.54) is 6.07 Å². The van der Waals surface area contributed by atoms with Gasteiger partial charge in [0.1, 0.15) is 0 Å². The number of terminal acetylenes is 1. The van der Waals surface area contributed by atoms with E-state index in [0.717, 1.165) is 6.42 Å². The zero-order valence-corrected chi connectivity index (χ0v) is 9.06. The fourth-order valence-electron chi connectivity index (χ4n) is 1.26. The smallest absolute Gasteiger partial charge is 0.335 e. The summed E-state index contributed by atoms with van der Waals surface area (Å²) in [5.41, 5.74) is 0.875. The van der Waals surface area contributed by atoms with E-state index in [0.29, 0.717) is 12.1 Å². The average Bonchev–Trinajstić information content (AvgIpc) is 2.26. The molecule has 1 aromatic heterocycles. The van der Waals surface area contributed by atoms with Crippen LogP contribution in [-0.2, 0) is 6.42 Å². The number of rotatable bonds is 5. The molecule has 0 aromatic carbocycles. The van der Waals surface area contributed by atoms with E-state index in [-0.39, 0.29) is 18.1 Å². The predicted molar refractivity (Wildman–Crippen MR) is 59.5 cm³/mol. The number of aromatic carboxylic acids is 1. The van der Waals surface area contributed by atoms with E-state index in [4.69, 9.17) is 16.3 Å². The Morgan fingerprint density at radius 2 is 2.38 bits per heavy atom. The van der Waals surface area contributed by atoms with Crippen LogP contribution in [-0.4, -0.2) is 22.7 Å². The van der Waals surface area contributed by atoms with Crippen molar-refractivity contribution < 1.29 is 14.6 Å². The second-order valence-electron chi connectivity index (χ2n) is 3.23. The van der Waals surface area contributed by atoms with Crippen molar-refractivity contribution in [2.75, 3.05) is 6.61 Å². The summed E-state index contributed by atoms with van der Waals surface area (Å²) in [7, 11) is 0. The molecule has 4 nitrogen and oxygen atoms in total. The Hall–Kier alpha value is -2.02. The highest BCUT2D eigenvalue weighted by Gasteiger charge is 2.08. The van der Waals surface area contributed by atoms with E-state index in [1.807, 2.05) is 6.92 Å². The third kappa shape index (κ3) is 3.28. The molecule has 0 bridgehead atoms. The molecule has 0 amide bonds. The molecule has 0 fully saturated rings. The minimum absolute atomic E-state index is 0.0850. The van der Waals surface area contributed by atoms with Crippen molar-refractivity contribution >= 4 is 5.97 Å². The van der Waals surface area contributed by atoms with Gasteiger partial charge in [-0.1, -0.05) is 19.3 Å². The van der Waals surface area contributed by atoms with Crippen LogP contribution in [0.5, 0.6) is 5.88 Å². The Morgan fingerprint density at radius 1 is 1.62 bits per heavy atom. The normalized spacial score (nSPS) is 9.50. The predicted octanol–water partition coefficient (Wildman–Crippen LogP) is 1.74. The molecule has 0 saturated heterocycles. The van der Waals surface area contributed by atoms with Crippen molar-refractivity contribution in [1.29, 1.82) is 0 Å². The fourth-order valence-corrected chi connectivity index (χ4v) is 1.26. The van der Waals surface area contributed by atoms with E-state index < -0.39 is 5.97 Å². The summed E-state index contributed by atoms with van der Waals surface area (Å²) >= 11 is 0. The molecule has 1 N–H and O–H groups in total. The first-order chi connectivity index (χ1) is 7.67. The molecule has 0 aliphatic heterocycles. The van der Waals surface area contributed by atoms with Crippen molar-refractivity contribution in [3.63, 3.8) is 0 Å². The lowest BCUT2D eigenvalue weighted by Gasteiger charge is -2.06. The van der Waals surface area contributed by atoms with Gasteiger partial charge in [0.15, 0.2) is 6.61 Å². The SMILES string of the molecule is C#CCOc1cc(C(=O)O)cc(CCC)n1. The van der Waals surface area contributed by atoms with Gasteiger partial charge in [0.05, 0.1) is 5.56 Å². The van der Waals surface area contributed by atoms with E-state index in [1.54, 1.807) is 6.07 Å². The van der Waals surface area contributed by atoms with Gasteiger partial charge in [0.25, 0.3) is 0 Å². The van der Waals surface area contributed by atoms with Crippen LogP contribution >= 0.6 is 0 Å². The second kappa shape index (κ2) is 5.76. The number of nitrogens with zero attached hydrogens (tertiary/aromatic N) is 1. The molecule has 16 heavy (non-hydrogen) atoms. The highest BCUT2D eigenvalue weighted by Crippen LogP contribution is 2.14. The summed E-state index contributed by atoms with van der Waals surface area (Å²) in [6.07, 6.45) is 6.66. The van der Waals surface area contributed by atoms with Gasteiger partial charge >= 0.3 is 5.97 Å². The van der Waals surface area contributed by atoms with Crippen LogP contribution in [0.2, 0.25) is 0 Å². The lowest BCUT2D eigenvalue weighted by atomic mass is 10.1. The van der Waals surface area contributed by atoms with Crippen molar-refractivity contribution in [2.45, 2.75) is 19.8 Å². The first-order valence-electron chi connectivity index (χ1n) is 4.98. The summed E-state index contributed by atoms with van der Waals surface area (Å²) in [6.45, 7) is 2.08. The van der Waals surface area contributed by atoms with Crippen LogP contribution in [0, 0.1) is 12.3 Å². The summed E-state index contributed by atoms with van der Waals surface area (Å²) in [5.74, 6) is 1.58. The molecule has 0 atom stereocenters. The number of carbonyl (C=O) groups is 1. The summed E-state index contributed by atoms with van der Waals surface area (Å²) < 4.78 is 5.12. The molecule has 1 rings (SSSR count). The van der Waals surface area contributed by atoms with Gasteiger partial charge in [-0.2, -0.15) is 0 Å². The molecule has 0 spiro atoms. The highest BCUT2D eigenvalue weighted by atomic mass is 16.5. The molecule has 0 saturated carbocycles. The third-order valence-electron chi connectivity index (χ3n) is 1.91. The summed E-state index contributed by atoms with van der Waals surface area (Å²) in [6, 6.07) is 2.92. The summed E-state index contributed by atoms with van der Waals surface area (Å²) in [4.78, 5) is 15.0. The molecular weight excluding hydrogens is 206 g/mol. The zero-order valence-electron chi connectivity index (χ0n) is 9.06. The summed E-state index contributed by atoms with van der Waals surface area (Å²) in [5, 5.41) is 8.90. The van der Waals surface area contributed by atoms with Gasteiger partial charge < -0.3 is 9.84 Å². The lowest BCUT2D eigenvalue weighted by molar-refractivity contribution is 0.0696. The number of pyridine rings is 1. The molecule has 0 unspecified atom stereocenters. The minimum atomic E-state index is -0.995. The van der Waals surface area contributed by atoms with E-state index in [9.17, 15) is 4.79 Å². The fraction of sp³-hybridized carbons (Fsp3) is 0.333. The van der Waals surface area contributed by atoms with Crippen LogP contribution in [0.1, 0.15) is 29.4 Å². The highest BCUT2D eigenvalue weighted by molar-refractivity contribution is 5.88. The lowest BCUT2D eigenvalue weighted by Crippen LogP contribution is -2.04. The molecule has 4 heteroatoms. The van der Waals surface area contributed by atoms with Crippen molar-refractivity contribution in [3.05, 3.63) is 23.4 Å². The van der Waals surface area contributed by atoms with Gasteiger partial charge in [0.2, 0.25) is 5.88 Å². The molecule has 84 valence electrons. The number of aryl methyl sites for hydroxylation is 1. The van der Waals surface area contributed by atoms with Crippen molar-refractivity contribution in [3.8, 4) is 18.2 Å². The average molecular weight is 219 g/mol. The van der Waals surface area contributed by atoms with Gasteiger partial charge in [-0.3, -0.25) is 0 Å². The quantitative estimate of drug-likeness (QED) is 0.766. The Bertz CT molecular complexity index is 421. The van der Waals surface area contributed by atoms with Crippen LogP contribution < -0.4 is 4.74 Å². The van der Waals surface area contributed by atoms with Crippen LogP contribution in [0.4, 0.5) is 0 Å². The largest absolute Gasteiger partial charge is 0.478 e. The number of carboxylic acid groups (broad SMARTS) is 1. The molecular formula is C12H13NO3. The molecule has 0 radical (unpaired) electrons. The zero-order chi connectivity index (χ0) is 12.0. The van der Waals surface area contributed by atoms with Crippen molar-refractivity contribution in [2.24, 2.45) is 0 Å². The minimum Gasteiger partial charge on any atom is -0.478 e. The molecule has 0 aliphatic carbocycles. The maximum absolute atomic E-state index is 10.9. The first-order valence-corrected chi connectivity index (χ1v) is 4.98. The maximum Gasteiger partial charge on any atom is 0.335 e. The number of hydrogen-bond donors (Lipinski definition) is 1. The number of hydrogen-bond acceptors (Lipinski definition) is 3. The van der Waals surface area contributed by atoms with Crippen LogP contribution in [0.25, 0.3) is 0 Å². The van der Waals surface area contributed by atoms with Gasteiger partial charge in [-0.25, -0.2) is 9.78 Å². The standard InChI is InChI=1S/C12H13NO3/c1-3-5-10-7-9(12(14)15)8-11(13-10)16-6-4-2/h2,7-8H,3,5-6H2,1H3,(H,14,15). The van der Waals surface area contributed by atoms with Crippen molar-refractivity contribution in [1.82, 2.24) is 4.98 Å². The number of carboxylic acids is 1. The topological polar surface area (TPSA) is 59.4 Å². The Kier molecular flexibility index (Phi) is 4.34. The number of ether oxygens (including phenoxy) is 1. The van der Waals surface area contributed by atoms with Crippen LogP contribution in [0.3, 0.4) is 0 Å². The first kappa shape index (κ1) is 12.1. The Balaban J connectivity index is 2.99. The number of aromatic nitrogens is 1. The molecule has 0 aliphatic rings. The Morgan fingerprint density at radius 3 is 2.94 bits per heavy atom. The monoisotopic (exact) mass is 219 g/mol. The maximum atomic E-state index is 10.9. The molecule has 1 aromatic rings. The van der Waals surface area contributed by atoms with Gasteiger partial charge in [0, 0.05) is 11.8 Å². The second-order valence-corrected chi connectivity index (χ2v) is 3.23. The van der Waals surface area contributed by atoms with Crippen LogP contribution in [0.15, 0.2) is 12.1 Å². The third-order valence-corrected chi connectivity index (χ3v) is 1.91. The van der Waals surface area contributed by atoms with Gasteiger partial charge in [-0.15, -0.1) is 6.42 Å². The van der Waals surface area contributed by atoms with Gasteiger partial charge in [-0.05, 0) is 12.5 Å². The Labute approximate surface area is 94.3 Å². The molecule has 1 heterocycles.